The number of nitrogens with zero attached hydrogens (tertiary/aromatic N) is 1. The van der Waals surface area contributed by atoms with Crippen molar-refractivity contribution < 1.29 is 0 Å². The summed E-state index contributed by atoms with van der Waals surface area (Å²) in [5.74, 6) is 1.54. The molecule has 0 aromatic heterocycles. The molecule has 102 valence electrons. The highest BCUT2D eigenvalue weighted by Crippen LogP contribution is 2.51. The van der Waals surface area contributed by atoms with E-state index in [0.29, 0.717) is 16.0 Å². The Morgan fingerprint density at radius 2 is 1.95 bits per heavy atom. The quantitative estimate of drug-likeness (QED) is 0.724. The molecular weight excluding hydrogens is 277 g/mol. The molecule has 5 atom stereocenters. The van der Waals surface area contributed by atoms with Crippen LogP contribution in [0.2, 0.25) is 10.0 Å². The molecule has 0 spiro atoms. The predicted octanol–water partition coefficient (Wildman–Crippen LogP) is 4.72. The number of benzene rings is 1. The number of piperidine rings is 2. The summed E-state index contributed by atoms with van der Waals surface area (Å²) in [5.41, 5.74) is 1.41. The van der Waals surface area contributed by atoms with Gasteiger partial charge in [0.05, 0.1) is 10.0 Å². The molecule has 5 unspecified atom stereocenters. The van der Waals surface area contributed by atoms with E-state index in [2.05, 4.69) is 17.0 Å². The summed E-state index contributed by atoms with van der Waals surface area (Å²) in [6.07, 6.45) is 6.89. The lowest BCUT2D eigenvalue weighted by atomic mass is 9.72. The van der Waals surface area contributed by atoms with Gasteiger partial charge < -0.3 is 0 Å². The van der Waals surface area contributed by atoms with Crippen LogP contribution in [0.5, 0.6) is 0 Å². The van der Waals surface area contributed by atoms with Gasteiger partial charge in [-0.1, -0.05) is 29.3 Å². The topological polar surface area (TPSA) is 3.24 Å². The Morgan fingerprint density at radius 1 is 1.05 bits per heavy atom. The highest BCUT2D eigenvalue weighted by molar-refractivity contribution is 6.42. The smallest absolute Gasteiger partial charge is 0.0595 e. The minimum absolute atomic E-state index is 0.675. The standard InChI is InChI=1S/C16H19Cl2N/c17-14-5-3-10(8-15(14)18)13-9-11-4-6-16-12(13)2-1-7-19(11)16/h3,5,8,11-13,16H,1-2,4,6-7,9H2. The molecule has 3 fully saturated rings. The normalized spacial score (nSPS) is 40.4. The van der Waals surface area contributed by atoms with Crippen LogP contribution in [-0.2, 0) is 0 Å². The fraction of sp³-hybridized carbons (Fsp3) is 0.625. The van der Waals surface area contributed by atoms with Crippen molar-refractivity contribution in [2.45, 2.75) is 50.1 Å². The summed E-state index contributed by atoms with van der Waals surface area (Å²) < 4.78 is 0. The second kappa shape index (κ2) is 4.65. The Hall–Kier alpha value is -0.240. The maximum Gasteiger partial charge on any atom is 0.0595 e. The zero-order chi connectivity index (χ0) is 13.0. The second-order valence-corrected chi connectivity index (χ2v) is 7.17. The van der Waals surface area contributed by atoms with E-state index in [0.717, 1.165) is 18.0 Å². The van der Waals surface area contributed by atoms with Crippen molar-refractivity contribution in [1.29, 1.82) is 0 Å². The fourth-order valence-corrected chi connectivity index (χ4v) is 5.10. The molecule has 0 radical (unpaired) electrons. The Balaban J connectivity index is 1.69. The van der Waals surface area contributed by atoms with Gasteiger partial charge >= 0.3 is 0 Å². The van der Waals surface area contributed by atoms with Crippen molar-refractivity contribution in [3.63, 3.8) is 0 Å². The van der Waals surface area contributed by atoms with Crippen LogP contribution in [0.3, 0.4) is 0 Å². The number of hydrogen-bond donors (Lipinski definition) is 0. The van der Waals surface area contributed by atoms with Crippen LogP contribution in [-0.4, -0.2) is 23.5 Å². The molecule has 3 saturated heterocycles. The molecule has 3 aliphatic heterocycles. The third kappa shape index (κ3) is 1.93. The van der Waals surface area contributed by atoms with Crippen LogP contribution < -0.4 is 0 Å². The Morgan fingerprint density at radius 3 is 2.79 bits per heavy atom. The van der Waals surface area contributed by atoms with E-state index in [1.54, 1.807) is 0 Å². The lowest BCUT2D eigenvalue weighted by molar-refractivity contribution is 0.0334. The van der Waals surface area contributed by atoms with E-state index >= 15 is 0 Å². The third-order valence-electron chi connectivity index (χ3n) is 5.55. The van der Waals surface area contributed by atoms with E-state index in [9.17, 15) is 0 Å². The molecule has 3 heterocycles. The highest BCUT2D eigenvalue weighted by atomic mass is 35.5. The van der Waals surface area contributed by atoms with Crippen molar-refractivity contribution in [1.82, 2.24) is 4.90 Å². The third-order valence-corrected chi connectivity index (χ3v) is 6.29. The summed E-state index contributed by atoms with van der Waals surface area (Å²) >= 11 is 12.3. The van der Waals surface area contributed by atoms with Gasteiger partial charge in [0.25, 0.3) is 0 Å². The van der Waals surface area contributed by atoms with Crippen LogP contribution in [0.25, 0.3) is 0 Å². The minimum atomic E-state index is 0.675. The molecule has 4 bridgehead atoms. The Kier molecular flexibility index (Phi) is 3.06. The largest absolute Gasteiger partial charge is 0.297 e. The molecule has 0 aliphatic carbocycles. The molecule has 4 rings (SSSR count). The summed E-state index contributed by atoms with van der Waals surface area (Å²) in [4.78, 5) is 2.79. The lowest BCUT2D eigenvalue weighted by Gasteiger charge is -2.48. The number of rotatable bonds is 1. The van der Waals surface area contributed by atoms with Gasteiger partial charge in [-0.25, -0.2) is 0 Å². The minimum Gasteiger partial charge on any atom is -0.297 e. The van der Waals surface area contributed by atoms with Crippen LogP contribution >= 0.6 is 23.2 Å². The van der Waals surface area contributed by atoms with Crippen LogP contribution in [0.4, 0.5) is 0 Å². The van der Waals surface area contributed by atoms with Gasteiger partial charge in [0, 0.05) is 12.1 Å². The van der Waals surface area contributed by atoms with Crippen molar-refractivity contribution in [3.8, 4) is 0 Å². The molecule has 0 N–H and O–H groups in total. The summed E-state index contributed by atoms with van der Waals surface area (Å²) in [7, 11) is 0. The first-order chi connectivity index (χ1) is 9.24. The molecule has 1 aromatic rings. The second-order valence-electron chi connectivity index (χ2n) is 6.36. The van der Waals surface area contributed by atoms with Crippen molar-refractivity contribution in [2.75, 3.05) is 6.54 Å². The Bertz CT molecular complexity index is 502. The van der Waals surface area contributed by atoms with Gasteiger partial charge in [0.1, 0.15) is 0 Å². The van der Waals surface area contributed by atoms with Crippen LogP contribution in [0, 0.1) is 5.92 Å². The van der Waals surface area contributed by atoms with E-state index in [-0.39, 0.29) is 0 Å². The average Bonchev–Trinajstić information content (AvgIpc) is 2.71. The first-order valence-corrected chi connectivity index (χ1v) is 8.20. The first-order valence-electron chi connectivity index (χ1n) is 7.45. The molecule has 0 saturated carbocycles. The first kappa shape index (κ1) is 12.5. The zero-order valence-electron chi connectivity index (χ0n) is 11.0. The lowest BCUT2D eigenvalue weighted by Crippen LogP contribution is -2.51. The monoisotopic (exact) mass is 295 g/mol. The molecule has 1 nitrogen and oxygen atoms in total. The fourth-order valence-electron chi connectivity index (χ4n) is 4.79. The van der Waals surface area contributed by atoms with Crippen molar-refractivity contribution >= 4 is 23.2 Å². The van der Waals surface area contributed by atoms with Gasteiger partial charge in [-0.3, -0.25) is 4.90 Å². The maximum absolute atomic E-state index is 6.21. The van der Waals surface area contributed by atoms with Crippen molar-refractivity contribution in [3.05, 3.63) is 33.8 Å². The summed E-state index contributed by atoms with van der Waals surface area (Å²) in [6.45, 7) is 1.33. The van der Waals surface area contributed by atoms with E-state index < -0.39 is 0 Å². The molecular formula is C16H19Cl2N. The molecule has 19 heavy (non-hydrogen) atoms. The molecule has 0 amide bonds. The highest BCUT2D eigenvalue weighted by Gasteiger charge is 2.48. The summed E-state index contributed by atoms with van der Waals surface area (Å²) in [5, 5.41) is 1.39. The average molecular weight is 296 g/mol. The number of hydrogen-bond acceptors (Lipinski definition) is 1. The van der Waals surface area contributed by atoms with Crippen molar-refractivity contribution in [2.24, 2.45) is 5.92 Å². The van der Waals surface area contributed by atoms with Gasteiger partial charge in [-0.2, -0.15) is 0 Å². The zero-order valence-corrected chi connectivity index (χ0v) is 12.5. The van der Waals surface area contributed by atoms with E-state index in [4.69, 9.17) is 23.2 Å². The molecule has 3 aliphatic rings. The van der Waals surface area contributed by atoms with Gasteiger partial charge in [-0.15, -0.1) is 0 Å². The van der Waals surface area contributed by atoms with E-state index in [1.165, 1.54) is 44.2 Å². The SMILES string of the molecule is Clc1ccc(C2CC3CCC4C2CCCN34)cc1Cl. The van der Waals surface area contributed by atoms with E-state index in [1.807, 2.05) is 6.07 Å². The Labute approximate surface area is 124 Å². The molecule has 1 aromatic carbocycles. The predicted molar refractivity (Wildman–Crippen MR) is 80.1 cm³/mol. The number of halogens is 2. The molecule has 3 heteroatoms. The van der Waals surface area contributed by atoms with Gasteiger partial charge in [0.2, 0.25) is 0 Å². The van der Waals surface area contributed by atoms with Crippen LogP contribution in [0.1, 0.15) is 43.6 Å². The van der Waals surface area contributed by atoms with Crippen LogP contribution in [0.15, 0.2) is 18.2 Å². The van der Waals surface area contributed by atoms with Gasteiger partial charge in [-0.05, 0) is 68.2 Å². The van der Waals surface area contributed by atoms with Gasteiger partial charge in [0.15, 0.2) is 0 Å². The summed E-state index contributed by atoms with van der Waals surface area (Å²) in [6, 6.07) is 7.94. The maximum atomic E-state index is 6.21.